The molecule has 0 aliphatic rings. The fourth-order valence-electron chi connectivity index (χ4n) is 1.32. The first-order valence-corrected chi connectivity index (χ1v) is 4.91. The van der Waals surface area contributed by atoms with Gasteiger partial charge in [-0.25, -0.2) is 0 Å². The summed E-state index contributed by atoms with van der Waals surface area (Å²) in [6.07, 6.45) is 0.621. The molecule has 1 aromatic carbocycles. The maximum absolute atomic E-state index is 11.4. The van der Waals surface area contributed by atoms with Crippen molar-refractivity contribution in [3.63, 3.8) is 0 Å². The maximum atomic E-state index is 11.4. The van der Waals surface area contributed by atoms with Crippen LogP contribution in [0.4, 0.5) is 0 Å². The van der Waals surface area contributed by atoms with Gasteiger partial charge in [0.15, 0.2) is 12.1 Å². The van der Waals surface area contributed by atoms with Crippen molar-refractivity contribution in [3.8, 4) is 5.75 Å². The molecule has 0 amide bonds. The zero-order valence-corrected chi connectivity index (χ0v) is 9.30. The molecular weight excluding hydrogens is 216 g/mol. The van der Waals surface area contributed by atoms with Crippen LogP contribution >= 0.6 is 11.6 Å². The Labute approximate surface area is 93.0 Å². The highest BCUT2D eigenvalue weighted by Crippen LogP contribution is 2.31. The molecule has 0 fully saturated rings. The minimum absolute atomic E-state index is 0.233. The number of halogens is 1. The van der Waals surface area contributed by atoms with E-state index >= 15 is 0 Å². The summed E-state index contributed by atoms with van der Waals surface area (Å²) >= 11 is 5.89. The largest absolute Gasteiger partial charge is 0.492 e. The lowest BCUT2D eigenvalue weighted by atomic mass is 10.0. The van der Waals surface area contributed by atoms with E-state index in [4.69, 9.17) is 16.3 Å². The first-order chi connectivity index (χ1) is 7.11. The Kier molecular flexibility index (Phi) is 3.86. The second-order valence-electron chi connectivity index (χ2n) is 2.95. The normalized spacial score (nSPS) is 9.80. The van der Waals surface area contributed by atoms with Crippen molar-refractivity contribution in [2.45, 2.75) is 13.8 Å². The van der Waals surface area contributed by atoms with Crippen molar-refractivity contribution in [1.29, 1.82) is 0 Å². The highest BCUT2D eigenvalue weighted by Gasteiger charge is 2.16. The van der Waals surface area contributed by atoms with Gasteiger partial charge < -0.3 is 4.74 Å². The van der Waals surface area contributed by atoms with E-state index in [1.165, 1.54) is 13.0 Å². The van der Waals surface area contributed by atoms with Crippen LogP contribution in [0.1, 0.15) is 34.6 Å². The minimum atomic E-state index is -0.233. The number of carbonyl (C=O) groups is 2. The van der Waals surface area contributed by atoms with Crippen molar-refractivity contribution < 1.29 is 14.3 Å². The highest BCUT2D eigenvalue weighted by atomic mass is 35.5. The first kappa shape index (κ1) is 11.7. The Morgan fingerprint density at radius 2 is 2.20 bits per heavy atom. The number of carbonyl (C=O) groups excluding carboxylic acids is 2. The van der Waals surface area contributed by atoms with E-state index in [0.717, 1.165) is 0 Å². The fourth-order valence-corrected chi connectivity index (χ4v) is 1.53. The molecule has 0 spiro atoms. The van der Waals surface area contributed by atoms with Gasteiger partial charge in [-0.1, -0.05) is 11.6 Å². The van der Waals surface area contributed by atoms with Gasteiger partial charge in [0.05, 0.1) is 17.2 Å². The number of hydrogen-bond acceptors (Lipinski definition) is 3. The van der Waals surface area contributed by atoms with Gasteiger partial charge in [0, 0.05) is 5.56 Å². The molecule has 0 bridgehead atoms. The van der Waals surface area contributed by atoms with Gasteiger partial charge in [0.25, 0.3) is 0 Å². The van der Waals surface area contributed by atoms with E-state index < -0.39 is 0 Å². The minimum Gasteiger partial charge on any atom is -0.492 e. The number of hydrogen-bond donors (Lipinski definition) is 0. The number of ketones is 1. The number of rotatable bonds is 4. The summed E-state index contributed by atoms with van der Waals surface area (Å²) in [6.45, 7) is 3.55. The van der Waals surface area contributed by atoms with E-state index in [9.17, 15) is 9.59 Å². The first-order valence-electron chi connectivity index (χ1n) is 4.53. The SMILES string of the molecule is CCOc1c(Cl)ccc(C=O)c1C(C)=O. The Morgan fingerprint density at radius 1 is 1.53 bits per heavy atom. The molecule has 1 aromatic rings. The van der Waals surface area contributed by atoms with Gasteiger partial charge in [-0.05, 0) is 26.0 Å². The lowest BCUT2D eigenvalue weighted by Gasteiger charge is -2.11. The summed E-state index contributed by atoms with van der Waals surface area (Å²) in [5, 5.41) is 0.340. The standard InChI is InChI=1S/C11H11ClO3/c1-3-15-11-9(12)5-4-8(6-13)10(11)7(2)14/h4-6H,3H2,1-2H3. The van der Waals surface area contributed by atoms with Crippen LogP contribution < -0.4 is 4.74 Å². The average Bonchev–Trinajstić information content (AvgIpc) is 2.20. The Hall–Kier alpha value is -1.35. The van der Waals surface area contributed by atoms with Crippen molar-refractivity contribution in [2.75, 3.05) is 6.61 Å². The summed E-state index contributed by atoms with van der Waals surface area (Å²) < 4.78 is 5.26. The van der Waals surface area contributed by atoms with Crippen LogP contribution in [0.25, 0.3) is 0 Å². The lowest BCUT2D eigenvalue weighted by Crippen LogP contribution is -2.05. The zero-order chi connectivity index (χ0) is 11.4. The number of benzene rings is 1. The highest BCUT2D eigenvalue weighted by molar-refractivity contribution is 6.33. The molecule has 80 valence electrons. The van der Waals surface area contributed by atoms with E-state index in [2.05, 4.69) is 0 Å². The summed E-state index contributed by atoms with van der Waals surface area (Å²) in [7, 11) is 0. The molecular formula is C11H11ClO3. The van der Waals surface area contributed by atoms with Crippen LogP contribution in [0, 0.1) is 0 Å². The van der Waals surface area contributed by atoms with Crippen LogP contribution in [-0.2, 0) is 0 Å². The summed E-state index contributed by atoms with van der Waals surface area (Å²) in [6, 6.07) is 3.05. The molecule has 0 radical (unpaired) electrons. The number of Topliss-reactive ketones (excluding diaryl/α,β-unsaturated/α-hetero) is 1. The monoisotopic (exact) mass is 226 g/mol. The fraction of sp³-hybridized carbons (Fsp3) is 0.273. The molecule has 15 heavy (non-hydrogen) atoms. The van der Waals surface area contributed by atoms with E-state index in [0.29, 0.717) is 23.5 Å². The van der Waals surface area contributed by atoms with Gasteiger partial charge in [-0.15, -0.1) is 0 Å². The second kappa shape index (κ2) is 4.94. The predicted molar refractivity (Wildman–Crippen MR) is 58.0 cm³/mol. The van der Waals surface area contributed by atoms with Crippen LogP contribution in [0.5, 0.6) is 5.75 Å². The second-order valence-corrected chi connectivity index (χ2v) is 3.35. The topological polar surface area (TPSA) is 43.4 Å². The van der Waals surface area contributed by atoms with Crippen molar-refractivity contribution in [3.05, 3.63) is 28.3 Å². The van der Waals surface area contributed by atoms with Gasteiger partial charge in [0.1, 0.15) is 5.75 Å². The lowest BCUT2D eigenvalue weighted by molar-refractivity contribution is 0.100. The Bertz CT molecular complexity index is 399. The molecule has 0 aliphatic heterocycles. The summed E-state index contributed by atoms with van der Waals surface area (Å²) in [5.41, 5.74) is 0.551. The molecule has 0 saturated carbocycles. The molecule has 0 aromatic heterocycles. The van der Waals surface area contributed by atoms with Crippen LogP contribution in [0.3, 0.4) is 0 Å². The van der Waals surface area contributed by atoms with Crippen molar-refractivity contribution >= 4 is 23.7 Å². The quantitative estimate of drug-likeness (QED) is 0.586. The molecule has 3 nitrogen and oxygen atoms in total. The van der Waals surface area contributed by atoms with Gasteiger partial charge in [-0.3, -0.25) is 9.59 Å². The van der Waals surface area contributed by atoms with Crippen LogP contribution in [0.15, 0.2) is 12.1 Å². The van der Waals surface area contributed by atoms with Crippen molar-refractivity contribution in [1.82, 2.24) is 0 Å². The molecule has 0 aliphatic carbocycles. The van der Waals surface area contributed by atoms with E-state index in [-0.39, 0.29) is 17.1 Å². The van der Waals surface area contributed by atoms with Crippen LogP contribution in [0.2, 0.25) is 5.02 Å². The molecule has 0 N–H and O–H groups in total. The van der Waals surface area contributed by atoms with E-state index in [1.807, 2.05) is 0 Å². The summed E-state index contributed by atoms with van der Waals surface area (Å²) in [5.74, 6) is 0.0549. The molecule has 4 heteroatoms. The number of ether oxygens (including phenoxy) is 1. The van der Waals surface area contributed by atoms with Gasteiger partial charge in [-0.2, -0.15) is 0 Å². The molecule has 0 heterocycles. The average molecular weight is 227 g/mol. The molecule has 0 unspecified atom stereocenters. The number of aldehydes is 1. The maximum Gasteiger partial charge on any atom is 0.164 e. The van der Waals surface area contributed by atoms with Crippen molar-refractivity contribution in [2.24, 2.45) is 0 Å². The molecule has 0 saturated heterocycles. The van der Waals surface area contributed by atoms with Crippen LogP contribution in [-0.4, -0.2) is 18.7 Å². The smallest absolute Gasteiger partial charge is 0.164 e. The third-order valence-electron chi connectivity index (χ3n) is 1.91. The molecule has 0 atom stereocenters. The third-order valence-corrected chi connectivity index (χ3v) is 2.21. The van der Waals surface area contributed by atoms with Gasteiger partial charge >= 0.3 is 0 Å². The van der Waals surface area contributed by atoms with E-state index in [1.54, 1.807) is 13.0 Å². The Balaban J connectivity index is 3.43. The summed E-state index contributed by atoms with van der Waals surface area (Å²) in [4.78, 5) is 22.1. The molecule has 1 rings (SSSR count). The predicted octanol–water partition coefficient (Wildman–Crippen LogP) is 2.75. The zero-order valence-electron chi connectivity index (χ0n) is 8.54. The Morgan fingerprint density at radius 3 is 2.67 bits per heavy atom. The third kappa shape index (κ3) is 2.36. The van der Waals surface area contributed by atoms with Gasteiger partial charge in [0.2, 0.25) is 0 Å².